The smallest absolute Gasteiger partial charge is 0.0473 e. The van der Waals surface area contributed by atoms with Crippen LogP contribution in [0.25, 0.3) is 0 Å². The van der Waals surface area contributed by atoms with E-state index in [1.54, 1.807) is 0 Å². The van der Waals surface area contributed by atoms with Crippen molar-refractivity contribution in [3.8, 4) is 0 Å². The van der Waals surface area contributed by atoms with E-state index in [9.17, 15) is 0 Å². The molecule has 0 aromatic rings. The summed E-state index contributed by atoms with van der Waals surface area (Å²) in [5.41, 5.74) is 0. The number of thiocarbonyl (C=S) groups is 1. The van der Waals surface area contributed by atoms with Crippen molar-refractivity contribution in [2.24, 2.45) is 5.92 Å². The molecule has 0 fully saturated rings. The average molecular weight is 120 g/mol. The number of hydrogen-bond donors (Lipinski definition) is 1. The summed E-state index contributed by atoms with van der Waals surface area (Å²) in [7, 11) is 0. The number of thiol groups is 1. The van der Waals surface area contributed by atoms with Gasteiger partial charge in [0.05, 0.1) is 0 Å². The summed E-state index contributed by atoms with van der Waals surface area (Å²) in [6, 6.07) is 0. The summed E-state index contributed by atoms with van der Waals surface area (Å²) in [4.78, 5) is 0. The second kappa shape index (κ2) is 2.59. The van der Waals surface area contributed by atoms with E-state index in [4.69, 9.17) is 0 Å². The molecule has 0 aromatic carbocycles. The van der Waals surface area contributed by atoms with Gasteiger partial charge in [0.2, 0.25) is 0 Å². The minimum Gasteiger partial charge on any atom is -0.136 e. The first kappa shape index (κ1) is 6.44. The van der Waals surface area contributed by atoms with Gasteiger partial charge in [0.1, 0.15) is 0 Å². The van der Waals surface area contributed by atoms with E-state index in [-0.39, 0.29) is 0 Å². The molecule has 0 aromatic heterocycles. The Morgan fingerprint density at radius 1 is 1.67 bits per heavy atom. The summed E-state index contributed by atoms with van der Waals surface area (Å²) in [6.07, 6.45) is 0. The van der Waals surface area contributed by atoms with Crippen molar-refractivity contribution >= 4 is 29.0 Å². The van der Waals surface area contributed by atoms with Crippen LogP contribution < -0.4 is 0 Å². The zero-order valence-corrected chi connectivity index (χ0v) is 5.64. The minimum absolute atomic E-state index is 0.448. The lowest BCUT2D eigenvalue weighted by molar-refractivity contribution is 0.916. The molecule has 0 amide bonds. The third-order valence-electron chi connectivity index (χ3n) is 0.494. The fourth-order valence-corrected chi connectivity index (χ4v) is 0. The van der Waals surface area contributed by atoms with Gasteiger partial charge in [-0.1, -0.05) is 26.1 Å². The van der Waals surface area contributed by atoms with Gasteiger partial charge in [0.15, 0.2) is 0 Å². The SMILES string of the molecule is CC(C)C(=S)S. The molecule has 6 heavy (non-hydrogen) atoms. The first-order chi connectivity index (χ1) is 2.64. The lowest BCUT2D eigenvalue weighted by Gasteiger charge is -1.93. The third kappa shape index (κ3) is 2.67. The van der Waals surface area contributed by atoms with E-state index in [0.717, 1.165) is 4.20 Å². The lowest BCUT2D eigenvalue weighted by Crippen LogP contribution is -1.92. The predicted molar refractivity (Wildman–Crippen MR) is 36.4 cm³/mol. The fraction of sp³-hybridized carbons (Fsp3) is 0.750. The Balaban J connectivity index is 3.26. The summed E-state index contributed by atoms with van der Waals surface area (Å²) in [6.45, 7) is 4.05. The molecule has 0 bridgehead atoms. The highest BCUT2D eigenvalue weighted by Crippen LogP contribution is 1.98. The predicted octanol–water partition coefficient (Wildman–Crippen LogP) is 1.90. The highest BCUT2D eigenvalue weighted by molar-refractivity contribution is 8.11. The summed E-state index contributed by atoms with van der Waals surface area (Å²) < 4.78 is 0.787. The molecule has 0 atom stereocenters. The second-order valence-corrected chi connectivity index (χ2v) is 2.72. The number of rotatable bonds is 1. The lowest BCUT2D eigenvalue weighted by atomic mass is 10.3. The molecule has 0 saturated carbocycles. The maximum Gasteiger partial charge on any atom is 0.0473 e. The van der Waals surface area contributed by atoms with Gasteiger partial charge in [-0.15, -0.1) is 12.6 Å². The zero-order valence-electron chi connectivity index (χ0n) is 3.93. The first-order valence-corrected chi connectivity index (χ1v) is 2.73. The van der Waals surface area contributed by atoms with Gasteiger partial charge in [-0.2, -0.15) is 0 Å². The van der Waals surface area contributed by atoms with E-state index in [0.29, 0.717) is 5.92 Å². The van der Waals surface area contributed by atoms with Crippen molar-refractivity contribution in [2.45, 2.75) is 13.8 Å². The zero-order chi connectivity index (χ0) is 5.15. The highest BCUT2D eigenvalue weighted by atomic mass is 32.1. The Morgan fingerprint density at radius 2 is 1.83 bits per heavy atom. The summed E-state index contributed by atoms with van der Waals surface area (Å²) in [5, 5.41) is 0. The van der Waals surface area contributed by atoms with Crippen molar-refractivity contribution in [3.05, 3.63) is 0 Å². The third-order valence-corrected chi connectivity index (χ3v) is 1.48. The Morgan fingerprint density at radius 3 is 1.83 bits per heavy atom. The molecule has 0 heterocycles. The Hall–Kier alpha value is 0.440. The molecule has 0 aliphatic heterocycles. The first-order valence-electron chi connectivity index (χ1n) is 1.87. The van der Waals surface area contributed by atoms with E-state index >= 15 is 0 Å². The molecule has 0 rings (SSSR count). The van der Waals surface area contributed by atoms with Crippen LogP contribution in [0.15, 0.2) is 0 Å². The van der Waals surface area contributed by atoms with Gasteiger partial charge in [-0.3, -0.25) is 0 Å². The maximum absolute atomic E-state index is 4.68. The van der Waals surface area contributed by atoms with Gasteiger partial charge < -0.3 is 0 Å². The molecule has 0 nitrogen and oxygen atoms in total. The average Bonchev–Trinajstić information content (AvgIpc) is 1.36. The Bertz CT molecular complexity index is 56.6. The van der Waals surface area contributed by atoms with Crippen molar-refractivity contribution in [2.75, 3.05) is 0 Å². The molecule has 0 unspecified atom stereocenters. The van der Waals surface area contributed by atoms with Crippen LogP contribution in [0.2, 0.25) is 0 Å². The van der Waals surface area contributed by atoms with Crippen LogP contribution in [0.1, 0.15) is 13.8 Å². The summed E-state index contributed by atoms with van der Waals surface area (Å²) in [5.74, 6) is 0.448. The highest BCUT2D eigenvalue weighted by Gasteiger charge is 1.91. The van der Waals surface area contributed by atoms with Gasteiger partial charge in [0.25, 0.3) is 0 Å². The Kier molecular flexibility index (Phi) is 2.78. The fourth-order valence-electron chi connectivity index (χ4n) is 0. The van der Waals surface area contributed by atoms with Crippen LogP contribution in [-0.2, 0) is 0 Å². The molecular weight excluding hydrogens is 112 g/mol. The van der Waals surface area contributed by atoms with E-state index in [2.05, 4.69) is 24.8 Å². The molecule has 0 N–H and O–H groups in total. The molecule has 0 aliphatic carbocycles. The maximum atomic E-state index is 4.68. The molecular formula is C4H8S2. The molecule has 36 valence electrons. The van der Waals surface area contributed by atoms with Crippen molar-refractivity contribution in [3.63, 3.8) is 0 Å². The second-order valence-electron chi connectivity index (χ2n) is 1.49. The summed E-state index contributed by atoms with van der Waals surface area (Å²) >= 11 is 8.61. The molecule has 0 aliphatic rings. The van der Waals surface area contributed by atoms with Crippen LogP contribution in [0, 0.1) is 5.92 Å². The minimum atomic E-state index is 0.448. The van der Waals surface area contributed by atoms with Crippen LogP contribution in [-0.4, -0.2) is 4.20 Å². The van der Waals surface area contributed by atoms with Gasteiger partial charge in [0, 0.05) is 4.20 Å². The quantitative estimate of drug-likeness (QED) is 0.407. The van der Waals surface area contributed by atoms with E-state index in [1.807, 2.05) is 13.8 Å². The van der Waals surface area contributed by atoms with Crippen LogP contribution in [0.3, 0.4) is 0 Å². The van der Waals surface area contributed by atoms with Crippen LogP contribution >= 0.6 is 24.8 Å². The largest absolute Gasteiger partial charge is 0.136 e. The standard InChI is InChI=1S/C4H8S2/c1-3(2)4(5)6/h3H,1-2H3,(H,5,6). The molecule has 0 spiro atoms. The van der Waals surface area contributed by atoms with Crippen LogP contribution in [0.5, 0.6) is 0 Å². The molecule has 0 radical (unpaired) electrons. The molecule has 0 saturated heterocycles. The number of hydrogen-bond acceptors (Lipinski definition) is 1. The van der Waals surface area contributed by atoms with E-state index < -0.39 is 0 Å². The van der Waals surface area contributed by atoms with Gasteiger partial charge in [-0.25, -0.2) is 0 Å². The Labute approximate surface area is 49.3 Å². The normalized spacial score (nSPS) is 9.33. The monoisotopic (exact) mass is 120 g/mol. The van der Waals surface area contributed by atoms with E-state index in [1.165, 1.54) is 0 Å². The topological polar surface area (TPSA) is 0 Å². The van der Waals surface area contributed by atoms with Crippen molar-refractivity contribution in [1.82, 2.24) is 0 Å². The van der Waals surface area contributed by atoms with Gasteiger partial charge >= 0.3 is 0 Å². The van der Waals surface area contributed by atoms with Crippen molar-refractivity contribution < 1.29 is 0 Å². The van der Waals surface area contributed by atoms with Crippen molar-refractivity contribution in [1.29, 1.82) is 0 Å². The van der Waals surface area contributed by atoms with Crippen LogP contribution in [0.4, 0.5) is 0 Å². The molecule has 2 heteroatoms. The van der Waals surface area contributed by atoms with Gasteiger partial charge in [-0.05, 0) is 5.92 Å².